The number of rotatable bonds is 7. The molecule has 2 N–H and O–H groups in total. The quantitative estimate of drug-likeness (QED) is 0.241. The molecular formula is C30H29N9S. The Balaban J connectivity index is 1.49. The van der Waals surface area contributed by atoms with Crippen LogP contribution in [0.2, 0.25) is 0 Å². The fraction of sp³-hybridized carbons (Fsp3) is 0.333. The SMILES string of the molecule is CC(C)(C)CNc1c(C#N)cnc2c(C#N)cc(NC(c3cn(C4(C)CC4)nn3)c3cccc4ncsc34)cc12. The predicted molar refractivity (Wildman–Crippen MR) is 157 cm³/mol. The van der Waals surface area contributed by atoms with Crippen molar-refractivity contribution >= 4 is 43.8 Å². The molecule has 9 nitrogen and oxygen atoms in total. The van der Waals surface area contributed by atoms with Gasteiger partial charge in [0.05, 0.1) is 55.8 Å². The topological polar surface area (TPSA) is 128 Å². The molecule has 0 amide bonds. The smallest absolute Gasteiger partial charge is 0.110 e. The van der Waals surface area contributed by atoms with Crippen LogP contribution in [-0.4, -0.2) is 31.5 Å². The molecule has 1 fully saturated rings. The van der Waals surface area contributed by atoms with Crippen LogP contribution >= 0.6 is 11.3 Å². The van der Waals surface area contributed by atoms with Crippen LogP contribution in [0.25, 0.3) is 21.1 Å². The second kappa shape index (κ2) is 9.58. The van der Waals surface area contributed by atoms with Crippen molar-refractivity contribution in [1.82, 2.24) is 25.0 Å². The van der Waals surface area contributed by atoms with E-state index in [2.05, 4.69) is 76.8 Å². The van der Waals surface area contributed by atoms with Gasteiger partial charge in [-0.15, -0.1) is 16.4 Å². The van der Waals surface area contributed by atoms with Crippen molar-refractivity contribution < 1.29 is 0 Å². The number of nitriles is 2. The zero-order valence-corrected chi connectivity index (χ0v) is 23.7. The van der Waals surface area contributed by atoms with E-state index in [4.69, 9.17) is 0 Å². The van der Waals surface area contributed by atoms with Crippen LogP contribution in [0.1, 0.15) is 69.0 Å². The molecule has 0 radical (unpaired) electrons. The molecule has 200 valence electrons. The van der Waals surface area contributed by atoms with Crippen molar-refractivity contribution in [3.8, 4) is 12.1 Å². The first-order valence-corrected chi connectivity index (χ1v) is 14.1. The molecule has 3 aromatic heterocycles. The molecule has 1 aliphatic rings. The molecule has 10 heteroatoms. The first kappa shape index (κ1) is 25.7. The largest absolute Gasteiger partial charge is 0.383 e. The van der Waals surface area contributed by atoms with E-state index in [1.807, 2.05) is 34.6 Å². The summed E-state index contributed by atoms with van der Waals surface area (Å²) in [4.78, 5) is 9.01. The van der Waals surface area contributed by atoms with Gasteiger partial charge < -0.3 is 10.6 Å². The van der Waals surface area contributed by atoms with Gasteiger partial charge in [0.1, 0.15) is 17.8 Å². The standard InChI is InChI=1S/C30H29N9S/c1-29(2,3)16-34-26-19(13-32)14-33-25-18(12-31)10-20(11-22(25)26)36-27(21-6-5-7-23-28(21)40-17-35-23)24-15-39(38-37-24)30(4)8-9-30/h5-7,10-11,14-15,17,27,36H,8-9,16H2,1-4H3,(H,33,34). The summed E-state index contributed by atoms with van der Waals surface area (Å²) in [5.41, 5.74) is 7.38. The van der Waals surface area contributed by atoms with Crippen LogP contribution in [0.15, 0.2) is 48.2 Å². The summed E-state index contributed by atoms with van der Waals surface area (Å²) >= 11 is 1.58. The highest BCUT2D eigenvalue weighted by Crippen LogP contribution is 2.43. The van der Waals surface area contributed by atoms with E-state index < -0.39 is 0 Å². The van der Waals surface area contributed by atoms with Crippen molar-refractivity contribution in [1.29, 1.82) is 10.5 Å². The van der Waals surface area contributed by atoms with Crippen LogP contribution in [-0.2, 0) is 5.54 Å². The van der Waals surface area contributed by atoms with Gasteiger partial charge in [-0.2, -0.15) is 10.5 Å². The number of thiazole rings is 1. The van der Waals surface area contributed by atoms with E-state index in [1.165, 1.54) is 6.20 Å². The molecular weight excluding hydrogens is 518 g/mol. The third kappa shape index (κ3) is 4.72. The molecule has 1 aliphatic carbocycles. The summed E-state index contributed by atoms with van der Waals surface area (Å²) in [6.45, 7) is 9.22. The number of pyridine rings is 1. The summed E-state index contributed by atoms with van der Waals surface area (Å²) in [5.74, 6) is 0. The van der Waals surface area contributed by atoms with Gasteiger partial charge in [-0.25, -0.2) is 9.67 Å². The highest BCUT2D eigenvalue weighted by atomic mass is 32.1. The highest BCUT2D eigenvalue weighted by molar-refractivity contribution is 7.17. The lowest BCUT2D eigenvalue weighted by molar-refractivity contribution is 0.443. The number of hydrogen-bond donors (Lipinski definition) is 2. The van der Waals surface area contributed by atoms with Crippen LogP contribution in [0.4, 0.5) is 11.4 Å². The summed E-state index contributed by atoms with van der Waals surface area (Å²) in [5, 5.41) is 36.9. The molecule has 0 aliphatic heterocycles. The van der Waals surface area contributed by atoms with Crippen molar-refractivity contribution in [2.24, 2.45) is 5.41 Å². The van der Waals surface area contributed by atoms with E-state index in [0.717, 1.165) is 40.0 Å². The second-order valence-corrected chi connectivity index (χ2v) is 12.7. The number of nitrogens with zero attached hydrogens (tertiary/aromatic N) is 7. The number of fused-ring (bicyclic) bond motifs is 2. The number of benzene rings is 2. The summed E-state index contributed by atoms with van der Waals surface area (Å²) < 4.78 is 3.03. The van der Waals surface area contributed by atoms with Crippen LogP contribution < -0.4 is 10.6 Å². The fourth-order valence-corrected chi connectivity index (χ4v) is 5.63. The Morgan fingerprint density at radius 2 is 1.93 bits per heavy atom. The Bertz CT molecular complexity index is 1830. The lowest BCUT2D eigenvalue weighted by Gasteiger charge is -2.22. The average Bonchev–Trinajstić information content (AvgIpc) is 3.32. The Morgan fingerprint density at radius 3 is 2.65 bits per heavy atom. The summed E-state index contributed by atoms with van der Waals surface area (Å²) in [7, 11) is 0. The van der Waals surface area contributed by atoms with Gasteiger partial charge in [-0.05, 0) is 48.9 Å². The van der Waals surface area contributed by atoms with E-state index >= 15 is 0 Å². The van der Waals surface area contributed by atoms with Gasteiger partial charge in [0.2, 0.25) is 0 Å². The molecule has 5 aromatic rings. The third-order valence-electron chi connectivity index (χ3n) is 7.35. The van der Waals surface area contributed by atoms with Gasteiger partial charge >= 0.3 is 0 Å². The number of nitrogens with one attached hydrogen (secondary N) is 2. The van der Waals surface area contributed by atoms with Crippen molar-refractivity contribution in [2.75, 3.05) is 17.2 Å². The Hall–Kier alpha value is -4.54. The Kier molecular flexibility index (Phi) is 6.16. The maximum Gasteiger partial charge on any atom is 0.110 e. The van der Waals surface area contributed by atoms with Crippen molar-refractivity contribution in [3.05, 3.63) is 70.6 Å². The van der Waals surface area contributed by atoms with E-state index in [1.54, 1.807) is 17.4 Å². The van der Waals surface area contributed by atoms with Crippen LogP contribution in [0, 0.1) is 28.1 Å². The zero-order valence-electron chi connectivity index (χ0n) is 22.9. The molecule has 1 atom stereocenters. The Labute approximate surface area is 236 Å². The first-order chi connectivity index (χ1) is 19.2. The number of hydrogen-bond acceptors (Lipinski definition) is 9. The minimum Gasteiger partial charge on any atom is -0.383 e. The number of aromatic nitrogens is 5. The summed E-state index contributed by atoms with van der Waals surface area (Å²) in [6, 6.07) is 14.1. The van der Waals surface area contributed by atoms with Crippen molar-refractivity contribution in [3.63, 3.8) is 0 Å². The van der Waals surface area contributed by atoms with E-state index in [9.17, 15) is 10.5 Å². The summed E-state index contributed by atoms with van der Waals surface area (Å²) in [6.07, 6.45) is 5.70. The third-order valence-corrected chi connectivity index (χ3v) is 8.24. The first-order valence-electron chi connectivity index (χ1n) is 13.2. The zero-order chi connectivity index (χ0) is 28.1. The van der Waals surface area contributed by atoms with E-state index in [0.29, 0.717) is 34.3 Å². The molecule has 6 rings (SSSR count). The predicted octanol–water partition coefficient (Wildman–Crippen LogP) is 6.35. The second-order valence-electron chi connectivity index (χ2n) is 11.8. The van der Waals surface area contributed by atoms with Gasteiger partial charge in [0.25, 0.3) is 0 Å². The van der Waals surface area contributed by atoms with Gasteiger partial charge in [0, 0.05) is 23.8 Å². The highest BCUT2D eigenvalue weighted by Gasteiger charge is 2.41. The lowest BCUT2D eigenvalue weighted by atomic mass is 9.96. The molecule has 0 saturated heterocycles. The molecule has 40 heavy (non-hydrogen) atoms. The average molecular weight is 548 g/mol. The van der Waals surface area contributed by atoms with Crippen LogP contribution in [0.5, 0.6) is 0 Å². The van der Waals surface area contributed by atoms with Gasteiger partial charge in [-0.3, -0.25) is 4.98 Å². The fourth-order valence-electron chi connectivity index (χ4n) is 4.80. The molecule has 0 bridgehead atoms. The van der Waals surface area contributed by atoms with Gasteiger partial charge in [0.15, 0.2) is 0 Å². The minimum atomic E-state index is -0.345. The van der Waals surface area contributed by atoms with E-state index in [-0.39, 0.29) is 17.0 Å². The number of anilines is 2. The monoisotopic (exact) mass is 547 g/mol. The molecule has 0 spiro atoms. The molecule has 1 saturated carbocycles. The molecule has 3 heterocycles. The van der Waals surface area contributed by atoms with Crippen molar-refractivity contribution in [2.45, 2.75) is 52.1 Å². The molecule has 2 aromatic carbocycles. The minimum absolute atomic E-state index is 0.0101. The Morgan fingerprint density at radius 1 is 1.12 bits per heavy atom. The normalized spacial score (nSPS) is 14.9. The van der Waals surface area contributed by atoms with Crippen LogP contribution in [0.3, 0.4) is 0 Å². The lowest BCUT2D eigenvalue weighted by Crippen LogP contribution is -2.20. The maximum absolute atomic E-state index is 10.1. The molecule has 1 unspecified atom stereocenters. The maximum atomic E-state index is 10.1. The van der Waals surface area contributed by atoms with Gasteiger partial charge in [-0.1, -0.05) is 38.1 Å².